The Morgan fingerprint density at radius 2 is 2.20 bits per heavy atom. The van der Waals surface area contributed by atoms with Gasteiger partial charge in [0.15, 0.2) is 5.69 Å². The number of carbonyl (C=O) groups is 1. The van der Waals surface area contributed by atoms with Crippen molar-refractivity contribution in [3.63, 3.8) is 0 Å². The Morgan fingerprint density at radius 3 is 2.75 bits per heavy atom. The second kappa shape index (κ2) is 5.41. The number of nitro groups is 1. The van der Waals surface area contributed by atoms with Gasteiger partial charge in [-0.2, -0.15) is 0 Å². The zero-order valence-electron chi connectivity index (χ0n) is 10.8. The molecule has 2 heterocycles. The number of carbonyl (C=O) groups excluding carboxylic acids is 1. The van der Waals surface area contributed by atoms with Crippen molar-refractivity contribution >= 4 is 33.5 Å². The molecule has 0 aliphatic rings. The lowest BCUT2D eigenvalue weighted by atomic mass is 10.3. The molecule has 0 atom stereocenters. The fourth-order valence-corrected chi connectivity index (χ4v) is 1.92. The summed E-state index contributed by atoms with van der Waals surface area (Å²) in [6.45, 7) is 1.87. The van der Waals surface area contributed by atoms with Crippen molar-refractivity contribution in [2.75, 3.05) is 5.32 Å². The van der Waals surface area contributed by atoms with Crippen LogP contribution in [-0.4, -0.2) is 20.4 Å². The van der Waals surface area contributed by atoms with E-state index in [4.69, 9.17) is 0 Å². The standard InChI is InChI=1S/C12H11BrN4O3/c1-7-5-10(14-6-8(7)13)15-12(18)9-3-4-11(16(9)2)17(19)20/h3-6H,1-2H3,(H,14,15,18). The summed E-state index contributed by atoms with van der Waals surface area (Å²) in [4.78, 5) is 26.3. The third kappa shape index (κ3) is 2.69. The molecule has 0 aliphatic carbocycles. The maximum atomic E-state index is 12.1. The van der Waals surface area contributed by atoms with Gasteiger partial charge in [0.2, 0.25) is 0 Å². The topological polar surface area (TPSA) is 90.1 Å². The van der Waals surface area contributed by atoms with Crippen molar-refractivity contribution in [2.45, 2.75) is 6.92 Å². The molecule has 0 saturated carbocycles. The Kier molecular flexibility index (Phi) is 3.84. The molecule has 8 heteroatoms. The van der Waals surface area contributed by atoms with Crippen LogP contribution < -0.4 is 5.32 Å². The minimum atomic E-state index is -0.543. The van der Waals surface area contributed by atoms with Crippen LogP contribution in [0.25, 0.3) is 0 Å². The molecule has 1 N–H and O–H groups in total. The van der Waals surface area contributed by atoms with E-state index < -0.39 is 10.8 Å². The van der Waals surface area contributed by atoms with Crippen LogP contribution in [0.5, 0.6) is 0 Å². The van der Waals surface area contributed by atoms with E-state index in [-0.39, 0.29) is 11.5 Å². The van der Waals surface area contributed by atoms with E-state index in [1.807, 2.05) is 6.92 Å². The first kappa shape index (κ1) is 14.2. The summed E-state index contributed by atoms with van der Waals surface area (Å²) >= 11 is 3.32. The highest BCUT2D eigenvalue weighted by molar-refractivity contribution is 9.10. The molecule has 104 valence electrons. The van der Waals surface area contributed by atoms with E-state index in [1.54, 1.807) is 12.3 Å². The van der Waals surface area contributed by atoms with E-state index in [0.717, 1.165) is 10.0 Å². The molecule has 0 fully saturated rings. The van der Waals surface area contributed by atoms with Gasteiger partial charge in [-0.05, 0) is 45.5 Å². The van der Waals surface area contributed by atoms with E-state index in [9.17, 15) is 14.9 Å². The molecule has 0 saturated heterocycles. The Bertz CT molecular complexity index is 696. The van der Waals surface area contributed by atoms with Crippen molar-refractivity contribution < 1.29 is 9.72 Å². The molecule has 0 aromatic carbocycles. The van der Waals surface area contributed by atoms with Gasteiger partial charge >= 0.3 is 5.82 Å². The predicted octanol–water partition coefficient (Wildman–Crippen LogP) is 2.65. The fraction of sp³-hybridized carbons (Fsp3) is 0.167. The molecule has 1 amide bonds. The van der Waals surface area contributed by atoms with Gasteiger partial charge < -0.3 is 15.4 Å². The summed E-state index contributed by atoms with van der Waals surface area (Å²) in [7, 11) is 1.47. The highest BCUT2D eigenvalue weighted by Gasteiger charge is 2.20. The second-order valence-corrected chi connectivity index (χ2v) is 5.02. The number of hydrogen-bond acceptors (Lipinski definition) is 4. The van der Waals surface area contributed by atoms with Gasteiger partial charge in [-0.15, -0.1) is 0 Å². The summed E-state index contributed by atoms with van der Waals surface area (Å²) in [5, 5.41) is 13.3. The van der Waals surface area contributed by atoms with Crippen LogP contribution in [0.15, 0.2) is 28.9 Å². The second-order valence-electron chi connectivity index (χ2n) is 4.17. The first-order valence-electron chi connectivity index (χ1n) is 5.63. The molecular formula is C12H11BrN4O3. The highest BCUT2D eigenvalue weighted by atomic mass is 79.9. The van der Waals surface area contributed by atoms with Crippen LogP contribution >= 0.6 is 15.9 Å². The van der Waals surface area contributed by atoms with Crippen molar-refractivity contribution in [2.24, 2.45) is 7.05 Å². The lowest BCUT2D eigenvalue weighted by Gasteiger charge is -2.05. The van der Waals surface area contributed by atoms with Crippen LogP contribution in [0, 0.1) is 17.0 Å². The SMILES string of the molecule is Cc1cc(NC(=O)c2ccc([N+](=O)[O-])n2C)ncc1Br. The first-order chi connectivity index (χ1) is 9.40. The van der Waals surface area contributed by atoms with E-state index in [0.29, 0.717) is 5.82 Å². The van der Waals surface area contributed by atoms with E-state index in [2.05, 4.69) is 26.2 Å². The summed E-state index contributed by atoms with van der Waals surface area (Å²) in [6, 6.07) is 4.40. The maximum absolute atomic E-state index is 12.1. The lowest BCUT2D eigenvalue weighted by Crippen LogP contribution is -2.17. The molecule has 0 bridgehead atoms. The highest BCUT2D eigenvalue weighted by Crippen LogP contribution is 2.19. The van der Waals surface area contributed by atoms with Crippen LogP contribution in [-0.2, 0) is 7.05 Å². The first-order valence-corrected chi connectivity index (χ1v) is 6.43. The summed E-state index contributed by atoms with van der Waals surface area (Å²) < 4.78 is 2.06. The molecule has 0 unspecified atom stereocenters. The molecule has 2 rings (SSSR count). The number of nitrogens with zero attached hydrogens (tertiary/aromatic N) is 3. The normalized spacial score (nSPS) is 10.3. The fourth-order valence-electron chi connectivity index (χ4n) is 1.70. The maximum Gasteiger partial charge on any atom is 0.323 e. The van der Waals surface area contributed by atoms with Crippen LogP contribution in [0.3, 0.4) is 0 Å². The number of pyridine rings is 1. The quantitative estimate of drug-likeness (QED) is 0.688. The smallest absolute Gasteiger partial charge is 0.323 e. The summed E-state index contributed by atoms with van der Waals surface area (Å²) in [6.07, 6.45) is 1.58. The molecular weight excluding hydrogens is 328 g/mol. The van der Waals surface area contributed by atoms with Gasteiger partial charge in [-0.1, -0.05) is 0 Å². The van der Waals surface area contributed by atoms with Crippen LogP contribution in [0.1, 0.15) is 16.1 Å². The van der Waals surface area contributed by atoms with Crippen LogP contribution in [0.4, 0.5) is 11.6 Å². The molecule has 2 aromatic heterocycles. The summed E-state index contributed by atoms with van der Waals surface area (Å²) in [5.41, 5.74) is 1.12. The van der Waals surface area contributed by atoms with Gasteiger partial charge in [0.1, 0.15) is 5.82 Å². The number of amides is 1. The van der Waals surface area contributed by atoms with Gasteiger partial charge in [0, 0.05) is 16.7 Å². The Balaban J connectivity index is 2.24. The van der Waals surface area contributed by atoms with Crippen molar-refractivity contribution in [3.05, 3.63) is 50.2 Å². The average Bonchev–Trinajstić information content (AvgIpc) is 2.76. The number of anilines is 1. The minimum absolute atomic E-state index is 0.143. The van der Waals surface area contributed by atoms with Gasteiger partial charge in [-0.25, -0.2) is 9.55 Å². The van der Waals surface area contributed by atoms with Crippen LogP contribution in [0.2, 0.25) is 0 Å². The number of nitrogens with one attached hydrogen (secondary N) is 1. The van der Waals surface area contributed by atoms with E-state index >= 15 is 0 Å². The molecule has 0 spiro atoms. The average molecular weight is 339 g/mol. The largest absolute Gasteiger partial charge is 0.358 e. The Hall–Kier alpha value is -2.22. The van der Waals surface area contributed by atoms with E-state index in [1.165, 1.54) is 23.7 Å². The molecule has 7 nitrogen and oxygen atoms in total. The predicted molar refractivity (Wildman–Crippen MR) is 76.7 cm³/mol. The molecule has 20 heavy (non-hydrogen) atoms. The Morgan fingerprint density at radius 1 is 1.50 bits per heavy atom. The number of halogens is 1. The minimum Gasteiger partial charge on any atom is -0.358 e. The zero-order chi connectivity index (χ0) is 14.9. The van der Waals surface area contributed by atoms with Gasteiger partial charge in [0.25, 0.3) is 5.91 Å². The molecule has 2 aromatic rings. The van der Waals surface area contributed by atoms with Gasteiger partial charge in [-0.3, -0.25) is 4.79 Å². The summed E-state index contributed by atoms with van der Waals surface area (Å²) in [5.74, 6) is -0.204. The number of hydrogen-bond donors (Lipinski definition) is 1. The molecule has 0 radical (unpaired) electrons. The number of aromatic nitrogens is 2. The third-order valence-corrected chi connectivity index (χ3v) is 3.63. The van der Waals surface area contributed by atoms with Gasteiger partial charge in [0.05, 0.1) is 7.05 Å². The zero-order valence-corrected chi connectivity index (χ0v) is 12.3. The number of rotatable bonds is 3. The molecule has 0 aliphatic heterocycles. The van der Waals surface area contributed by atoms with Crippen molar-refractivity contribution in [1.82, 2.24) is 9.55 Å². The Labute approximate surface area is 122 Å². The third-order valence-electron chi connectivity index (χ3n) is 2.80. The number of aryl methyl sites for hydroxylation is 1. The van der Waals surface area contributed by atoms with Crippen molar-refractivity contribution in [3.8, 4) is 0 Å². The monoisotopic (exact) mass is 338 g/mol. The lowest BCUT2D eigenvalue weighted by molar-refractivity contribution is -0.391. The van der Waals surface area contributed by atoms with Crippen molar-refractivity contribution in [1.29, 1.82) is 0 Å².